The number of rotatable bonds is 6. The first-order valence-electron chi connectivity index (χ1n) is 9.53. The molecule has 2 aromatic rings. The molecule has 10 heteroatoms. The van der Waals surface area contributed by atoms with E-state index in [1.54, 1.807) is 30.9 Å². The highest BCUT2D eigenvalue weighted by Gasteiger charge is 2.29. The van der Waals surface area contributed by atoms with Crippen LogP contribution >= 0.6 is 0 Å². The maximum atomic E-state index is 12.7. The standard InChI is InChI=1S/C20H24N4O6/c1-13-4-6-18(30-13)20(26)23-10-8-22(9-11-23)14(2)19(25)21-16-12-15(24(27)28)5-7-17(16)29-3/h4-7,12,14H,8-11H2,1-3H3,(H,21,25). The van der Waals surface area contributed by atoms with Crippen LogP contribution in [0.1, 0.15) is 23.2 Å². The molecule has 0 spiro atoms. The zero-order chi connectivity index (χ0) is 21.8. The smallest absolute Gasteiger partial charge is 0.289 e. The van der Waals surface area contributed by atoms with Gasteiger partial charge in [0.1, 0.15) is 11.5 Å². The van der Waals surface area contributed by atoms with Crippen molar-refractivity contribution in [3.63, 3.8) is 0 Å². The lowest BCUT2D eigenvalue weighted by Gasteiger charge is -2.37. The number of carbonyl (C=O) groups excluding carboxylic acids is 2. The molecule has 3 rings (SSSR count). The summed E-state index contributed by atoms with van der Waals surface area (Å²) in [4.78, 5) is 39.3. The monoisotopic (exact) mass is 416 g/mol. The normalized spacial score (nSPS) is 15.5. The number of non-ortho nitro benzene ring substituents is 1. The SMILES string of the molecule is COc1ccc([N+](=O)[O-])cc1NC(=O)C(C)N1CCN(C(=O)c2ccc(C)o2)CC1. The van der Waals surface area contributed by atoms with Gasteiger partial charge in [0.15, 0.2) is 5.76 Å². The number of anilines is 1. The Hall–Kier alpha value is -3.40. The average Bonchev–Trinajstić information content (AvgIpc) is 3.18. The van der Waals surface area contributed by atoms with Crippen LogP contribution in [0.25, 0.3) is 0 Å². The molecular formula is C20H24N4O6. The summed E-state index contributed by atoms with van der Waals surface area (Å²) in [5.41, 5.74) is 0.101. The first-order valence-corrected chi connectivity index (χ1v) is 9.53. The Bertz CT molecular complexity index is 949. The fourth-order valence-corrected chi connectivity index (χ4v) is 3.33. The number of aryl methyl sites for hydroxylation is 1. The van der Waals surface area contributed by atoms with Crippen LogP contribution in [0.4, 0.5) is 11.4 Å². The van der Waals surface area contributed by atoms with Gasteiger partial charge in [0.05, 0.1) is 23.8 Å². The zero-order valence-electron chi connectivity index (χ0n) is 17.1. The maximum Gasteiger partial charge on any atom is 0.289 e. The highest BCUT2D eigenvalue weighted by Crippen LogP contribution is 2.29. The van der Waals surface area contributed by atoms with E-state index in [4.69, 9.17) is 9.15 Å². The van der Waals surface area contributed by atoms with Crippen molar-refractivity contribution in [2.24, 2.45) is 0 Å². The van der Waals surface area contributed by atoms with Crippen molar-refractivity contribution < 1.29 is 23.7 Å². The minimum atomic E-state index is -0.532. The number of ether oxygens (including phenoxy) is 1. The average molecular weight is 416 g/mol. The minimum absolute atomic E-state index is 0.140. The predicted octanol–water partition coefficient (Wildman–Crippen LogP) is 2.29. The second-order valence-corrected chi connectivity index (χ2v) is 7.05. The molecule has 1 saturated heterocycles. The van der Waals surface area contributed by atoms with E-state index in [9.17, 15) is 19.7 Å². The molecule has 0 saturated carbocycles. The van der Waals surface area contributed by atoms with Gasteiger partial charge in [-0.25, -0.2) is 0 Å². The molecule has 160 valence electrons. The molecule has 1 aliphatic rings. The number of hydrogen-bond donors (Lipinski definition) is 1. The molecule has 1 aromatic heterocycles. The van der Waals surface area contributed by atoms with Gasteiger partial charge >= 0.3 is 0 Å². The van der Waals surface area contributed by atoms with Gasteiger partial charge < -0.3 is 19.4 Å². The molecule has 10 nitrogen and oxygen atoms in total. The summed E-state index contributed by atoms with van der Waals surface area (Å²) in [6.45, 7) is 5.52. The predicted molar refractivity (Wildman–Crippen MR) is 109 cm³/mol. The largest absolute Gasteiger partial charge is 0.495 e. The van der Waals surface area contributed by atoms with Gasteiger partial charge in [0.25, 0.3) is 11.6 Å². The summed E-state index contributed by atoms with van der Waals surface area (Å²) in [7, 11) is 1.43. The Balaban J connectivity index is 1.60. The summed E-state index contributed by atoms with van der Waals surface area (Å²) >= 11 is 0. The van der Waals surface area contributed by atoms with E-state index in [2.05, 4.69) is 5.32 Å². The lowest BCUT2D eigenvalue weighted by molar-refractivity contribution is -0.384. The second kappa shape index (κ2) is 8.95. The molecule has 1 aromatic carbocycles. The second-order valence-electron chi connectivity index (χ2n) is 7.05. The number of amides is 2. The highest BCUT2D eigenvalue weighted by atomic mass is 16.6. The number of carbonyl (C=O) groups is 2. The molecule has 0 radical (unpaired) electrons. The van der Waals surface area contributed by atoms with Crippen LogP contribution in [0.3, 0.4) is 0 Å². The fourth-order valence-electron chi connectivity index (χ4n) is 3.33. The van der Waals surface area contributed by atoms with Gasteiger partial charge in [-0.1, -0.05) is 0 Å². The van der Waals surface area contributed by atoms with Crippen molar-refractivity contribution in [3.05, 3.63) is 52.0 Å². The van der Waals surface area contributed by atoms with Gasteiger partial charge in [-0.05, 0) is 32.0 Å². The lowest BCUT2D eigenvalue weighted by Crippen LogP contribution is -2.54. The van der Waals surface area contributed by atoms with Crippen molar-refractivity contribution in [3.8, 4) is 5.75 Å². The Morgan fingerprint density at radius 1 is 1.20 bits per heavy atom. The van der Waals surface area contributed by atoms with Crippen LogP contribution in [-0.2, 0) is 4.79 Å². The molecule has 1 atom stereocenters. The first-order chi connectivity index (χ1) is 14.3. The summed E-state index contributed by atoms with van der Waals surface area (Å²) in [5.74, 6) is 0.852. The summed E-state index contributed by atoms with van der Waals surface area (Å²) < 4.78 is 10.6. The van der Waals surface area contributed by atoms with Crippen molar-refractivity contribution >= 4 is 23.2 Å². The molecular weight excluding hydrogens is 392 g/mol. The Labute approximate surface area is 173 Å². The van der Waals surface area contributed by atoms with E-state index in [-0.39, 0.29) is 23.2 Å². The molecule has 0 bridgehead atoms. The molecule has 1 unspecified atom stereocenters. The molecule has 2 heterocycles. The summed E-state index contributed by atoms with van der Waals surface area (Å²) in [6.07, 6.45) is 0. The minimum Gasteiger partial charge on any atom is -0.495 e. The topological polar surface area (TPSA) is 118 Å². The third-order valence-electron chi connectivity index (χ3n) is 5.13. The number of benzene rings is 1. The van der Waals surface area contributed by atoms with Gasteiger partial charge in [0, 0.05) is 38.3 Å². The van der Waals surface area contributed by atoms with Crippen molar-refractivity contribution in [1.29, 1.82) is 0 Å². The van der Waals surface area contributed by atoms with Crippen LogP contribution in [0.2, 0.25) is 0 Å². The molecule has 1 N–H and O–H groups in total. The Morgan fingerprint density at radius 3 is 2.47 bits per heavy atom. The van der Waals surface area contributed by atoms with Crippen LogP contribution in [0, 0.1) is 17.0 Å². The van der Waals surface area contributed by atoms with Gasteiger partial charge in [-0.2, -0.15) is 0 Å². The number of furan rings is 1. The van der Waals surface area contributed by atoms with Crippen LogP contribution in [-0.4, -0.2) is 65.9 Å². The number of nitro benzene ring substituents is 1. The summed E-state index contributed by atoms with van der Waals surface area (Å²) in [5, 5.41) is 13.7. The van der Waals surface area contributed by atoms with Crippen molar-refractivity contribution in [2.45, 2.75) is 19.9 Å². The molecule has 2 amide bonds. The number of methoxy groups -OCH3 is 1. The summed E-state index contributed by atoms with van der Waals surface area (Å²) in [6, 6.07) is 6.95. The van der Waals surface area contributed by atoms with Crippen molar-refractivity contribution in [2.75, 3.05) is 38.6 Å². The fraction of sp³-hybridized carbons (Fsp3) is 0.400. The Kier molecular flexibility index (Phi) is 6.36. The maximum absolute atomic E-state index is 12.7. The van der Waals surface area contributed by atoms with Gasteiger partial charge in [-0.3, -0.25) is 24.6 Å². The number of piperazine rings is 1. The van der Waals surface area contributed by atoms with Crippen molar-refractivity contribution in [1.82, 2.24) is 9.80 Å². The third-order valence-corrected chi connectivity index (χ3v) is 5.13. The van der Waals surface area contributed by atoms with Crippen LogP contribution in [0.15, 0.2) is 34.7 Å². The number of nitrogens with one attached hydrogen (secondary N) is 1. The van der Waals surface area contributed by atoms with Crippen LogP contribution < -0.4 is 10.1 Å². The number of hydrogen-bond acceptors (Lipinski definition) is 7. The number of nitro groups is 1. The quantitative estimate of drug-likeness (QED) is 0.567. The van der Waals surface area contributed by atoms with Gasteiger partial charge in [0.2, 0.25) is 5.91 Å². The van der Waals surface area contributed by atoms with E-state index in [1.807, 2.05) is 4.90 Å². The van der Waals surface area contributed by atoms with E-state index in [0.29, 0.717) is 43.4 Å². The van der Waals surface area contributed by atoms with Crippen LogP contribution in [0.5, 0.6) is 5.75 Å². The van der Waals surface area contributed by atoms with E-state index < -0.39 is 11.0 Å². The third kappa shape index (κ3) is 4.60. The molecule has 1 aliphatic heterocycles. The molecule has 1 fully saturated rings. The van der Waals surface area contributed by atoms with Gasteiger partial charge in [-0.15, -0.1) is 0 Å². The highest BCUT2D eigenvalue weighted by molar-refractivity contribution is 5.96. The van der Waals surface area contributed by atoms with E-state index in [1.165, 1.54) is 25.3 Å². The van der Waals surface area contributed by atoms with E-state index >= 15 is 0 Å². The zero-order valence-corrected chi connectivity index (χ0v) is 17.1. The molecule has 0 aliphatic carbocycles. The molecule has 30 heavy (non-hydrogen) atoms. The Morgan fingerprint density at radius 2 is 1.90 bits per heavy atom. The van der Waals surface area contributed by atoms with E-state index in [0.717, 1.165) is 0 Å². The lowest BCUT2D eigenvalue weighted by atomic mass is 10.2. The first kappa shape index (κ1) is 21.3. The number of nitrogens with zero attached hydrogens (tertiary/aromatic N) is 3.